The molecule has 3 N–H and O–H groups in total. The van der Waals surface area contributed by atoms with Crippen molar-refractivity contribution in [1.82, 2.24) is 10.2 Å². The van der Waals surface area contributed by atoms with Crippen LogP contribution in [-0.2, 0) is 9.53 Å². The molecule has 1 heterocycles. The minimum atomic E-state index is -0.318. The van der Waals surface area contributed by atoms with Crippen LogP contribution in [0.5, 0.6) is 0 Å². The lowest BCUT2D eigenvalue weighted by molar-refractivity contribution is -0.138. The maximum absolute atomic E-state index is 9.60. The number of hydrogen-bond donors (Lipinski definition) is 2. The summed E-state index contributed by atoms with van der Waals surface area (Å²) in [6.45, 7) is 9.82. The van der Waals surface area contributed by atoms with Gasteiger partial charge in [0.1, 0.15) is 5.60 Å². The van der Waals surface area contributed by atoms with Crippen molar-refractivity contribution in [2.75, 3.05) is 26.2 Å². The van der Waals surface area contributed by atoms with Crippen LogP contribution in [0.1, 0.15) is 20.8 Å². The van der Waals surface area contributed by atoms with Crippen molar-refractivity contribution in [3.63, 3.8) is 0 Å². The van der Waals surface area contributed by atoms with Gasteiger partial charge in [-0.2, -0.15) is 0 Å². The third-order valence-corrected chi connectivity index (χ3v) is 2.09. The van der Waals surface area contributed by atoms with Crippen molar-refractivity contribution in [3.8, 4) is 0 Å². The van der Waals surface area contributed by atoms with E-state index in [1.807, 2.05) is 25.7 Å². The van der Waals surface area contributed by atoms with E-state index in [4.69, 9.17) is 18.0 Å². The van der Waals surface area contributed by atoms with Crippen LogP contribution in [0.25, 0.3) is 0 Å². The SMILES string of the molecule is CC(C)(C)OC=O.NC(=S)N1CCNCC1. The molecule has 94 valence electrons. The lowest BCUT2D eigenvalue weighted by Crippen LogP contribution is -2.48. The van der Waals surface area contributed by atoms with Crippen molar-refractivity contribution in [1.29, 1.82) is 0 Å². The van der Waals surface area contributed by atoms with Crippen LogP contribution in [0.4, 0.5) is 0 Å². The van der Waals surface area contributed by atoms with Crippen molar-refractivity contribution >= 4 is 23.8 Å². The fraction of sp³-hybridized carbons (Fsp3) is 0.800. The molecule has 0 aromatic rings. The topological polar surface area (TPSA) is 67.6 Å². The molecule has 1 rings (SSSR count). The van der Waals surface area contributed by atoms with Crippen LogP contribution < -0.4 is 11.1 Å². The Morgan fingerprint density at radius 3 is 2.12 bits per heavy atom. The fourth-order valence-electron chi connectivity index (χ4n) is 1.03. The molecule has 1 fully saturated rings. The van der Waals surface area contributed by atoms with Gasteiger partial charge < -0.3 is 20.7 Å². The molecule has 0 unspecified atom stereocenters. The highest BCUT2D eigenvalue weighted by molar-refractivity contribution is 7.80. The van der Waals surface area contributed by atoms with E-state index >= 15 is 0 Å². The Balaban J connectivity index is 0.000000293. The van der Waals surface area contributed by atoms with Crippen LogP contribution in [-0.4, -0.2) is 48.3 Å². The lowest BCUT2D eigenvalue weighted by atomic mass is 10.2. The minimum absolute atomic E-state index is 0.318. The van der Waals surface area contributed by atoms with E-state index in [0.717, 1.165) is 26.2 Å². The van der Waals surface area contributed by atoms with Gasteiger partial charge in [0, 0.05) is 26.2 Å². The molecule has 1 aliphatic heterocycles. The number of nitrogens with two attached hydrogens (primary N) is 1. The molecule has 0 aromatic heterocycles. The van der Waals surface area contributed by atoms with Gasteiger partial charge in [-0.3, -0.25) is 4.79 Å². The van der Waals surface area contributed by atoms with Gasteiger partial charge in [-0.1, -0.05) is 0 Å². The molecule has 0 amide bonds. The molecule has 0 bridgehead atoms. The second-order valence-electron chi connectivity index (χ2n) is 4.40. The van der Waals surface area contributed by atoms with Crippen molar-refractivity contribution in [2.24, 2.45) is 5.73 Å². The van der Waals surface area contributed by atoms with Crippen molar-refractivity contribution in [2.45, 2.75) is 26.4 Å². The van der Waals surface area contributed by atoms with Crippen LogP contribution >= 0.6 is 12.2 Å². The number of nitrogens with zero attached hydrogens (tertiary/aromatic N) is 1. The maximum Gasteiger partial charge on any atom is 0.293 e. The molecule has 0 aliphatic carbocycles. The molecule has 6 heteroatoms. The molecule has 1 saturated heterocycles. The summed E-state index contributed by atoms with van der Waals surface area (Å²) in [4.78, 5) is 11.6. The second-order valence-corrected chi connectivity index (χ2v) is 4.82. The van der Waals surface area contributed by atoms with E-state index in [2.05, 4.69) is 10.1 Å². The van der Waals surface area contributed by atoms with E-state index in [1.54, 1.807) is 0 Å². The first-order valence-corrected chi connectivity index (χ1v) is 5.64. The van der Waals surface area contributed by atoms with Gasteiger partial charge in [-0.15, -0.1) is 0 Å². The first-order valence-electron chi connectivity index (χ1n) is 5.23. The summed E-state index contributed by atoms with van der Waals surface area (Å²) < 4.78 is 4.55. The third kappa shape index (κ3) is 8.43. The number of thiocarbonyl (C=S) groups is 1. The Morgan fingerprint density at radius 2 is 1.94 bits per heavy atom. The molecule has 0 saturated carbocycles. The average Bonchev–Trinajstić information content (AvgIpc) is 2.18. The highest BCUT2D eigenvalue weighted by Crippen LogP contribution is 2.02. The first-order chi connectivity index (χ1) is 7.37. The molecule has 0 spiro atoms. The summed E-state index contributed by atoms with van der Waals surface area (Å²) in [5.74, 6) is 0. The Bertz CT molecular complexity index is 223. The van der Waals surface area contributed by atoms with Gasteiger partial charge in [-0.05, 0) is 33.0 Å². The Hall–Kier alpha value is -0.880. The molecule has 5 nitrogen and oxygen atoms in total. The Morgan fingerprint density at radius 1 is 1.44 bits per heavy atom. The number of ether oxygens (including phenoxy) is 1. The van der Waals surface area contributed by atoms with E-state index in [-0.39, 0.29) is 5.60 Å². The average molecular weight is 247 g/mol. The van der Waals surface area contributed by atoms with E-state index in [0.29, 0.717) is 11.6 Å². The van der Waals surface area contributed by atoms with Crippen molar-refractivity contribution in [3.05, 3.63) is 0 Å². The summed E-state index contributed by atoms with van der Waals surface area (Å²) in [6.07, 6.45) is 0. The summed E-state index contributed by atoms with van der Waals surface area (Å²) in [5, 5.41) is 3.74. The standard InChI is InChI=1S/C5H11N3S.C5H10O2/c6-5(9)8-3-1-7-2-4-8;1-5(2,3)7-4-6/h7H,1-4H2,(H2,6,9);4H,1-3H3. The number of piperazine rings is 1. The zero-order valence-corrected chi connectivity index (χ0v) is 11.0. The predicted octanol–water partition coefficient (Wildman–Crippen LogP) is 0.0931. The number of carbonyl (C=O) groups is 1. The second kappa shape index (κ2) is 7.40. The Labute approximate surface area is 102 Å². The van der Waals surface area contributed by atoms with Crippen molar-refractivity contribution < 1.29 is 9.53 Å². The lowest BCUT2D eigenvalue weighted by Gasteiger charge is -2.27. The Kier molecular flexibility index (Phi) is 7.00. The quantitative estimate of drug-likeness (QED) is 0.506. The van der Waals surface area contributed by atoms with Crippen LogP contribution in [0.15, 0.2) is 0 Å². The predicted molar refractivity (Wildman–Crippen MR) is 68.1 cm³/mol. The highest BCUT2D eigenvalue weighted by Gasteiger charge is 2.08. The van der Waals surface area contributed by atoms with Gasteiger partial charge in [0.25, 0.3) is 6.47 Å². The highest BCUT2D eigenvalue weighted by atomic mass is 32.1. The molecule has 0 radical (unpaired) electrons. The summed E-state index contributed by atoms with van der Waals surface area (Å²) in [7, 11) is 0. The van der Waals surface area contributed by atoms with Crippen LogP contribution in [0.3, 0.4) is 0 Å². The van der Waals surface area contributed by atoms with Gasteiger partial charge in [0.15, 0.2) is 5.11 Å². The molecule has 16 heavy (non-hydrogen) atoms. The largest absolute Gasteiger partial charge is 0.462 e. The fourth-order valence-corrected chi connectivity index (χ4v) is 1.21. The summed E-state index contributed by atoms with van der Waals surface area (Å²) in [5.41, 5.74) is 5.08. The normalized spacial score (nSPS) is 15.8. The van der Waals surface area contributed by atoms with Gasteiger partial charge in [0.05, 0.1) is 0 Å². The summed E-state index contributed by atoms with van der Waals surface area (Å²) in [6, 6.07) is 0. The number of nitrogens with one attached hydrogen (secondary N) is 1. The van der Waals surface area contributed by atoms with Gasteiger partial charge in [0.2, 0.25) is 0 Å². The zero-order chi connectivity index (χ0) is 12.6. The molecule has 0 atom stereocenters. The van der Waals surface area contributed by atoms with Gasteiger partial charge >= 0.3 is 0 Å². The monoisotopic (exact) mass is 247 g/mol. The van der Waals surface area contributed by atoms with E-state index in [1.165, 1.54) is 0 Å². The summed E-state index contributed by atoms with van der Waals surface area (Å²) >= 11 is 4.79. The van der Waals surface area contributed by atoms with E-state index < -0.39 is 0 Å². The number of hydrogen-bond acceptors (Lipinski definition) is 4. The first kappa shape index (κ1) is 15.1. The third-order valence-electron chi connectivity index (χ3n) is 1.83. The smallest absolute Gasteiger partial charge is 0.293 e. The van der Waals surface area contributed by atoms with Crippen LogP contribution in [0, 0.1) is 0 Å². The minimum Gasteiger partial charge on any atom is -0.462 e. The molecule has 0 aromatic carbocycles. The van der Waals surface area contributed by atoms with Crippen LogP contribution in [0.2, 0.25) is 0 Å². The molecular formula is C10H21N3O2S. The van der Waals surface area contributed by atoms with Gasteiger partial charge in [-0.25, -0.2) is 0 Å². The molecular weight excluding hydrogens is 226 g/mol. The number of carbonyl (C=O) groups excluding carboxylic acids is 1. The maximum atomic E-state index is 9.60. The van der Waals surface area contributed by atoms with E-state index in [9.17, 15) is 4.79 Å². The number of rotatable bonds is 1. The zero-order valence-electron chi connectivity index (χ0n) is 10.2. The molecule has 1 aliphatic rings.